The van der Waals surface area contributed by atoms with Crippen LogP contribution in [0.3, 0.4) is 0 Å². The van der Waals surface area contributed by atoms with Crippen molar-refractivity contribution in [1.29, 1.82) is 0 Å². The summed E-state index contributed by atoms with van der Waals surface area (Å²) in [5.74, 6) is -0.328. The molecule has 1 fully saturated rings. The Bertz CT molecular complexity index is 1130. The number of aliphatic hydroxyl groups is 1. The van der Waals surface area contributed by atoms with E-state index in [1.807, 2.05) is 16.8 Å². The molecule has 2 atom stereocenters. The lowest BCUT2D eigenvalue weighted by Gasteiger charge is -2.16. The third-order valence-electron chi connectivity index (χ3n) is 4.65. The quantitative estimate of drug-likeness (QED) is 0.616. The monoisotopic (exact) mass is 404 g/mol. The molecule has 0 radical (unpaired) electrons. The van der Waals surface area contributed by atoms with Gasteiger partial charge in [0.05, 0.1) is 18.3 Å². The molecule has 0 bridgehead atoms. The lowest BCUT2D eigenvalue weighted by atomic mass is 10.0. The average Bonchev–Trinajstić information content (AvgIpc) is 3.34. The van der Waals surface area contributed by atoms with Crippen LogP contribution in [-0.4, -0.2) is 41.5 Å². The Morgan fingerprint density at radius 3 is 2.93 bits per heavy atom. The number of hydrogen-bond acceptors (Lipinski definition) is 7. The van der Waals surface area contributed by atoms with Gasteiger partial charge in [0.15, 0.2) is 0 Å². The third kappa shape index (κ3) is 3.51. The first-order valence-corrected chi connectivity index (χ1v) is 10.3. The van der Waals surface area contributed by atoms with Crippen LogP contribution in [0.15, 0.2) is 33.5 Å². The second-order valence-corrected chi connectivity index (χ2v) is 7.76. The number of amides is 1. The molecule has 3 aromatic heterocycles. The Kier molecular flexibility index (Phi) is 4.77. The molecule has 1 aliphatic carbocycles. The summed E-state index contributed by atoms with van der Waals surface area (Å²) in [6, 6.07) is 3.19. The van der Waals surface area contributed by atoms with Gasteiger partial charge in [0.2, 0.25) is 0 Å². The third-order valence-corrected chi connectivity index (χ3v) is 5.69. The molecular weight excluding hydrogens is 388 g/mol. The zero-order valence-corrected chi connectivity index (χ0v) is 15.7. The minimum Gasteiger partial charge on any atom is -0.391 e. The normalized spacial score (nSPS) is 19.3. The molecule has 1 saturated carbocycles. The largest absolute Gasteiger partial charge is 0.391 e. The van der Waals surface area contributed by atoms with E-state index >= 15 is 0 Å². The first kappa shape index (κ1) is 17.8. The SMILES string of the molecule is O=C(NC1CCCC1O)c1[nH]c2ncc(N=S(=O)=O)cc2c1-c1ccsc1. The van der Waals surface area contributed by atoms with E-state index in [-0.39, 0.29) is 17.6 Å². The van der Waals surface area contributed by atoms with Crippen LogP contribution >= 0.6 is 11.3 Å². The Morgan fingerprint density at radius 1 is 1.41 bits per heavy atom. The molecule has 0 aliphatic heterocycles. The van der Waals surface area contributed by atoms with Crippen LogP contribution < -0.4 is 5.32 Å². The molecule has 140 valence electrons. The Balaban J connectivity index is 1.83. The van der Waals surface area contributed by atoms with Crippen LogP contribution in [0.25, 0.3) is 22.2 Å². The fourth-order valence-electron chi connectivity index (χ4n) is 3.42. The summed E-state index contributed by atoms with van der Waals surface area (Å²) >= 11 is 1.49. The highest BCUT2D eigenvalue weighted by Gasteiger charge is 2.29. The smallest absolute Gasteiger partial charge is 0.316 e. The highest BCUT2D eigenvalue weighted by atomic mass is 32.2. The van der Waals surface area contributed by atoms with Crippen LogP contribution in [0.2, 0.25) is 0 Å². The number of thiophene rings is 1. The molecule has 1 aliphatic rings. The molecule has 4 rings (SSSR count). The van der Waals surface area contributed by atoms with Crippen molar-refractivity contribution >= 4 is 44.5 Å². The van der Waals surface area contributed by atoms with Crippen molar-refractivity contribution in [3.05, 3.63) is 34.8 Å². The number of aromatic nitrogens is 2. The number of nitrogens with one attached hydrogen (secondary N) is 2. The standard InChI is InChI=1S/C17H16N4O4S2/c22-13-3-1-2-12(13)19-17(23)15-14(9-4-5-26-8-9)11-6-10(21-27(24)25)7-18-16(11)20-15/h4-8,12-13,22H,1-3H2,(H,18,20)(H,19,23). The van der Waals surface area contributed by atoms with Crippen molar-refractivity contribution in [2.75, 3.05) is 0 Å². The number of pyridine rings is 1. The number of carbonyl (C=O) groups is 1. The zero-order valence-electron chi connectivity index (χ0n) is 14.0. The lowest BCUT2D eigenvalue weighted by molar-refractivity contribution is 0.0870. The number of aromatic amines is 1. The summed E-state index contributed by atoms with van der Waals surface area (Å²) in [7, 11) is -2.59. The maximum Gasteiger partial charge on any atom is 0.316 e. The zero-order chi connectivity index (χ0) is 19.0. The van der Waals surface area contributed by atoms with E-state index in [1.165, 1.54) is 17.5 Å². The van der Waals surface area contributed by atoms with E-state index in [0.29, 0.717) is 28.7 Å². The molecular formula is C17H16N4O4S2. The predicted molar refractivity (Wildman–Crippen MR) is 102 cm³/mol. The molecule has 10 heteroatoms. The van der Waals surface area contributed by atoms with Gasteiger partial charge in [0, 0.05) is 10.9 Å². The number of nitrogens with zero attached hydrogens (tertiary/aromatic N) is 2. The van der Waals surface area contributed by atoms with Gasteiger partial charge in [-0.2, -0.15) is 19.8 Å². The van der Waals surface area contributed by atoms with E-state index in [4.69, 9.17) is 0 Å². The lowest BCUT2D eigenvalue weighted by Crippen LogP contribution is -2.40. The van der Waals surface area contributed by atoms with Gasteiger partial charge in [-0.15, -0.1) is 4.36 Å². The molecule has 2 unspecified atom stereocenters. The highest BCUT2D eigenvalue weighted by Crippen LogP contribution is 2.35. The van der Waals surface area contributed by atoms with Crippen molar-refractivity contribution in [2.45, 2.75) is 31.4 Å². The first-order chi connectivity index (χ1) is 13.0. The van der Waals surface area contributed by atoms with E-state index in [2.05, 4.69) is 19.6 Å². The molecule has 1 amide bonds. The second-order valence-electron chi connectivity index (χ2n) is 6.36. The summed E-state index contributed by atoms with van der Waals surface area (Å²) in [6.07, 6.45) is 3.06. The topological polar surface area (TPSA) is 125 Å². The average molecular weight is 404 g/mol. The van der Waals surface area contributed by atoms with Crippen LogP contribution in [-0.2, 0) is 10.5 Å². The number of hydrogen-bond donors (Lipinski definition) is 3. The molecule has 0 aromatic carbocycles. The van der Waals surface area contributed by atoms with Crippen molar-refractivity contribution < 1.29 is 18.3 Å². The molecule has 0 spiro atoms. The second kappa shape index (κ2) is 7.22. The summed E-state index contributed by atoms with van der Waals surface area (Å²) in [5, 5.41) is 17.3. The van der Waals surface area contributed by atoms with Gasteiger partial charge in [-0.1, -0.05) is 0 Å². The first-order valence-electron chi connectivity index (χ1n) is 8.37. The number of rotatable bonds is 4. The summed E-state index contributed by atoms with van der Waals surface area (Å²) in [5.41, 5.74) is 2.44. The van der Waals surface area contributed by atoms with Gasteiger partial charge in [0.1, 0.15) is 17.0 Å². The number of aliphatic hydroxyl groups excluding tert-OH is 1. The maximum atomic E-state index is 12.9. The summed E-state index contributed by atoms with van der Waals surface area (Å²) in [4.78, 5) is 20.1. The minimum atomic E-state index is -2.59. The highest BCUT2D eigenvalue weighted by molar-refractivity contribution is 7.61. The van der Waals surface area contributed by atoms with Crippen LogP contribution in [0.5, 0.6) is 0 Å². The summed E-state index contributed by atoms with van der Waals surface area (Å²) in [6.45, 7) is 0. The Morgan fingerprint density at radius 2 is 2.26 bits per heavy atom. The number of H-pyrrole nitrogens is 1. The fourth-order valence-corrected chi connectivity index (χ4v) is 4.34. The molecule has 0 saturated heterocycles. The van der Waals surface area contributed by atoms with Gasteiger partial charge < -0.3 is 15.4 Å². The molecule has 8 nitrogen and oxygen atoms in total. The van der Waals surface area contributed by atoms with Crippen LogP contribution in [0.1, 0.15) is 29.8 Å². The molecule has 27 heavy (non-hydrogen) atoms. The van der Waals surface area contributed by atoms with Crippen molar-refractivity contribution in [2.24, 2.45) is 4.36 Å². The van der Waals surface area contributed by atoms with E-state index < -0.39 is 16.6 Å². The van der Waals surface area contributed by atoms with Gasteiger partial charge in [0.25, 0.3) is 5.91 Å². The predicted octanol–water partition coefficient (Wildman–Crippen LogP) is 2.63. The van der Waals surface area contributed by atoms with Crippen molar-refractivity contribution in [1.82, 2.24) is 15.3 Å². The van der Waals surface area contributed by atoms with Gasteiger partial charge in [-0.3, -0.25) is 4.79 Å². The minimum absolute atomic E-state index is 0.185. The van der Waals surface area contributed by atoms with Gasteiger partial charge in [-0.25, -0.2) is 4.98 Å². The van der Waals surface area contributed by atoms with E-state index in [9.17, 15) is 18.3 Å². The van der Waals surface area contributed by atoms with Crippen LogP contribution in [0.4, 0.5) is 5.69 Å². The van der Waals surface area contributed by atoms with Crippen LogP contribution in [0, 0.1) is 0 Å². The molecule has 3 N–H and O–H groups in total. The number of carbonyl (C=O) groups excluding carboxylic acids is 1. The molecule has 3 aromatic rings. The van der Waals surface area contributed by atoms with Gasteiger partial charge >= 0.3 is 10.5 Å². The van der Waals surface area contributed by atoms with Crippen molar-refractivity contribution in [3.63, 3.8) is 0 Å². The molecule has 3 heterocycles. The number of fused-ring (bicyclic) bond motifs is 1. The van der Waals surface area contributed by atoms with E-state index in [1.54, 1.807) is 6.07 Å². The van der Waals surface area contributed by atoms with Crippen molar-refractivity contribution in [3.8, 4) is 11.1 Å². The Hall–Kier alpha value is -2.56. The summed E-state index contributed by atoms with van der Waals surface area (Å²) < 4.78 is 25.2. The Labute approximate surface area is 160 Å². The van der Waals surface area contributed by atoms with E-state index in [0.717, 1.165) is 18.4 Å². The fraction of sp³-hybridized carbons (Fsp3) is 0.294. The van der Waals surface area contributed by atoms with Gasteiger partial charge in [-0.05, 0) is 47.7 Å². The maximum absolute atomic E-state index is 12.9.